The molecule has 5 heterocycles. The molecule has 3 aromatic carbocycles. The summed E-state index contributed by atoms with van der Waals surface area (Å²) in [6.45, 7) is 0. The lowest BCUT2D eigenvalue weighted by Crippen LogP contribution is -2.45. The number of hydrogen-bond acceptors (Lipinski definition) is 8. The van der Waals surface area contributed by atoms with Crippen LogP contribution in [0.5, 0.6) is 0 Å². The zero-order chi connectivity index (χ0) is 28.3. The van der Waals surface area contributed by atoms with Gasteiger partial charge in [-0.05, 0) is 30.4 Å². The summed E-state index contributed by atoms with van der Waals surface area (Å²) in [4.78, 5) is 43.2. The van der Waals surface area contributed by atoms with Gasteiger partial charge >= 0.3 is 5.81 Å². The van der Waals surface area contributed by atoms with Crippen molar-refractivity contribution in [3.05, 3.63) is 112 Å². The first-order valence-corrected chi connectivity index (χ1v) is 13.1. The molecule has 0 atom stereocenters. The second-order valence-electron chi connectivity index (χ2n) is 9.71. The Morgan fingerprint density at radius 3 is 1.98 bits per heavy atom. The molecule has 15 heteroatoms. The fourth-order valence-electron chi connectivity index (χ4n) is 5.86. The zero-order valence-corrected chi connectivity index (χ0v) is 22.0. The molecule has 0 spiro atoms. The van der Waals surface area contributed by atoms with E-state index in [0.717, 1.165) is 10.7 Å². The highest BCUT2D eigenvalue weighted by Gasteiger charge is 2.34. The zero-order valence-electron chi connectivity index (χ0n) is 20.4. The minimum atomic E-state index is -0.573. The van der Waals surface area contributed by atoms with E-state index < -0.39 is 20.6 Å². The molecular weight excluding hydrogens is 597 g/mol. The summed E-state index contributed by atoms with van der Waals surface area (Å²) in [5, 5.41) is 38.9. The molecule has 8 rings (SSSR count). The maximum atomic E-state index is 11.7. The van der Waals surface area contributed by atoms with Crippen LogP contribution in [0.1, 0.15) is 16.8 Å². The molecule has 5 aromatic rings. The summed E-state index contributed by atoms with van der Waals surface area (Å²) in [5.41, 5.74) is 1.92. The number of fused-ring (bicyclic) bond motifs is 10. The monoisotopic (exact) mass is 607 g/mol. The molecule has 3 aliphatic heterocycles. The number of benzene rings is 3. The highest BCUT2D eigenvalue weighted by atomic mass is 79.9. The number of nitro benzene ring substituents is 3. The molecule has 4 bridgehead atoms. The van der Waals surface area contributed by atoms with Gasteiger partial charge in [0.2, 0.25) is 0 Å². The Bertz CT molecular complexity index is 2340. The van der Waals surface area contributed by atoms with E-state index >= 15 is 0 Å². The lowest BCUT2D eigenvalue weighted by atomic mass is 10.0. The second kappa shape index (κ2) is 7.82. The van der Waals surface area contributed by atoms with Crippen molar-refractivity contribution in [2.24, 2.45) is 9.98 Å². The number of nitro groups is 3. The number of halogens is 1. The first-order chi connectivity index (χ1) is 19.7. The van der Waals surface area contributed by atoms with Crippen LogP contribution >= 0.6 is 15.8 Å². The molecule has 0 radical (unpaired) electrons. The quantitative estimate of drug-likeness (QED) is 0.171. The van der Waals surface area contributed by atoms with Gasteiger partial charge in [-0.1, -0.05) is 15.8 Å². The smallest absolute Gasteiger partial charge is 0.355 e. The second-order valence-corrected chi connectivity index (χ2v) is 10.5. The number of nitrogens with zero attached hydrogens (tertiary/aromatic N) is 7. The van der Waals surface area contributed by atoms with Crippen LogP contribution in [0.2, 0.25) is 0 Å². The van der Waals surface area contributed by atoms with Gasteiger partial charge in [-0.25, -0.2) is 9.98 Å². The highest BCUT2D eigenvalue weighted by Crippen LogP contribution is 2.39. The molecule has 0 unspecified atom stereocenters. The third kappa shape index (κ3) is 3.05. The fourth-order valence-corrected chi connectivity index (χ4v) is 6.71. The van der Waals surface area contributed by atoms with Crippen molar-refractivity contribution in [1.82, 2.24) is 8.96 Å². The SMILES string of the molecule is O=[N+]([O-])c1ccc2c(c1)C1=Nc3c4ccc([N+](=O)[O-])cc4c4n3B(Br)n3c(c5ccc([N+](=O)[O-])cc5c3=CC2=N1)=C4. The molecule has 0 amide bonds. The van der Waals surface area contributed by atoms with Crippen LogP contribution in [0.15, 0.2) is 64.6 Å². The summed E-state index contributed by atoms with van der Waals surface area (Å²) < 4.78 is 3.83. The van der Waals surface area contributed by atoms with Crippen LogP contribution < -0.4 is 10.7 Å². The van der Waals surface area contributed by atoms with E-state index in [1.54, 1.807) is 24.3 Å². The number of amidine groups is 1. The largest absolute Gasteiger partial charge is 0.466 e. The van der Waals surface area contributed by atoms with Gasteiger partial charge < -0.3 is 8.96 Å². The lowest BCUT2D eigenvalue weighted by Gasteiger charge is -2.20. The maximum absolute atomic E-state index is 11.7. The molecular formula is C26H11BBrN7O6. The van der Waals surface area contributed by atoms with Crippen LogP contribution in [0.4, 0.5) is 22.9 Å². The average molecular weight is 608 g/mol. The van der Waals surface area contributed by atoms with E-state index in [0.29, 0.717) is 49.9 Å². The minimum absolute atomic E-state index is 0.0821. The topological polar surface area (TPSA) is 164 Å². The van der Waals surface area contributed by atoms with Crippen LogP contribution in [-0.4, -0.2) is 41.1 Å². The molecule has 41 heavy (non-hydrogen) atoms. The Labute approximate surface area is 235 Å². The molecule has 0 fully saturated rings. The molecule has 0 saturated heterocycles. The molecule has 3 aliphatic rings. The summed E-state index contributed by atoms with van der Waals surface area (Å²) in [6, 6.07) is 13.6. The average Bonchev–Trinajstić information content (AvgIpc) is 3.57. The van der Waals surface area contributed by atoms with Gasteiger partial charge in [-0.2, -0.15) is 0 Å². The number of aromatic nitrogens is 2. The normalized spacial score (nSPS) is 14.2. The van der Waals surface area contributed by atoms with Gasteiger partial charge in [0.05, 0.1) is 20.5 Å². The summed E-state index contributed by atoms with van der Waals surface area (Å²) in [6.07, 6.45) is 3.69. The van der Waals surface area contributed by atoms with Crippen molar-refractivity contribution in [3.63, 3.8) is 0 Å². The van der Waals surface area contributed by atoms with Crippen molar-refractivity contribution >= 4 is 89.7 Å². The highest BCUT2D eigenvalue weighted by molar-refractivity contribution is 9.24. The maximum Gasteiger partial charge on any atom is 0.466 e. The molecule has 0 N–H and O–H groups in total. The van der Waals surface area contributed by atoms with Crippen molar-refractivity contribution < 1.29 is 14.8 Å². The Hall–Kier alpha value is -5.44. The molecule has 196 valence electrons. The summed E-state index contributed by atoms with van der Waals surface area (Å²) in [5.74, 6) is 0.121. The number of aliphatic imine (C=N–C) groups is 2. The fraction of sp³-hybridized carbons (Fsp3) is 0. The Balaban J connectivity index is 1.60. The third-order valence-electron chi connectivity index (χ3n) is 7.65. The predicted octanol–water partition coefficient (Wildman–Crippen LogP) is 3.91. The van der Waals surface area contributed by atoms with E-state index in [9.17, 15) is 30.3 Å². The van der Waals surface area contributed by atoms with E-state index in [2.05, 4.69) is 15.8 Å². The van der Waals surface area contributed by atoms with E-state index in [1.807, 2.05) is 15.0 Å². The number of rotatable bonds is 3. The first kappa shape index (κ1) is 23.5. The first-order valence-electron chi connectivity index (χ1n) is 12.2. The Morgan fingerprint density at radius 2 is 1.27 bits per heavy atom. The van der Waals surface area contributed by atoms with Crippen LogP contribution in [0.25, 0.3) is 33.7 Å². The van der Waals surface area contributed by atoms with Gasteiger partial charge in [0.15, 0.2) is 5.84 Å². The van der Waals surface area contributed by atoms with E-state index in [1.165, 1.54) is 36.4 Å². The van der Waals surface area contributed by atoms with Crippen LogP contribution in [0, 0.1) is 30.3 Å². The third-order valence-corrected chi connectivity index (χ3v) is 8.46. The van der Waals surface area contributed by atoms with Crippen molar-refractivity contribution in [3.8, 4) is 0 Å². The van der Waals surface area contributed by atoms with Gasteiger partial charge in [0, 0.05) is 85.5 Å². The minimum Gasteiger partial charge on any atom is -0.355 e. The van der Waals surface area contributed by atoms with Gasteiger partial charge in [0.1, 0.15) is 5.82 Å². The molecule has 13 nitrogen and oxygen atoms in total. The van der Waals surface area contributed by atoms with Gasteiger partial charge in [0.25, 0.3) is 17.1 Å². The van der Waals surface area contributed by atoms with Crippen LogP contribution in [-0.2, 0) is 0 Å². The lowest BCUT2D eigenvalue weighted by molar-refractivity contribution is -0.385. The molecule has 0 aliphatic carbocycles. The predicted molar refractivity (Wildman–Crippen MR) is 156 cm³/mol. The Kier molecular flexibility index (Phi) is 4.47. The standard InChI is InChI=1S/C26H11BBrN7O6/c28-27-31-22-10-21-15-4-1-14(35(40)41)9-20(15)25(29-21)30-26-17-6-3-13(34(38)39)8-19(17)24(32(26)27)11-23(31)16-5-2-12(33(36)37)7-18(16)22/h1-11H. The van der Waals surface area contributed by atoms with Crippen molar-refractivity contribution in [2.75, 3.05) is 0 Å². The van der Waals surface area contributed by atoms with E-state index in [-0.39, 0.29) is 22.9 Å². The number of non-ortho nitro benzene ring substituents is 3. The number of hydrogen-bond donors (Lipinski definition) is 0. The van der Waals surface area contributed by atoms with Gasteiger partial charge in [-0.15, -0.1) is 0 Å². The van der Waals surface area contributed by atoms with E-state index in [4.69, 9.17) is 9.98 Å². The van der Waals surface area contributed by atoms with Gasteiger partial charge in [-0.3, -0.25) is 30.3 Å². The Morgan fingerprint density at radius 1 is 0.659 bits per heavy atom. The van der Waals surface area contributed by atoms with Crippen molar-refractivity contribution in [2.45, 2.75) is 0 Å². The van der Waals surface area contributed by atoms with Crippen LogP contribution in [0.3, 0.4) is 0 Å². The molecule has 2 aromatic heterocycles. The molecule has 0 saturated carbocycles. The summed E-state index contributed by atoms with van der Waals surface area (Å²) in [7, 11) is 0. The van der Waals surface area contributed by atoms with Crippen molar-refractivity contribution in [1.29, 1.82) is 0 Å². The summed E-state index contributed by atoms with van der Waals surface area (Å²) >= 11 is 3.82.